The molecule has 0 radical (unpaired) electrons. The number of benzene rings is 2. The van der Waals surface area contributed by atoms with Crippen molar-refractivity contribution in [3.05, 3.63) is 59.9 Å². The average molecular weight is 347 g/mol. The van der Waals surface area contributed by atoms with Gasteiger partial charge in [-0.25, -0.2) is 17.5 Å². The van der Waals surface area contributed by atoms with Crippen LogP contribution in [0, 0.1) is 17.1 Å². The van der Waals surface area contributed by atoms with E-state index >= 15 is 0 Å². The van der Waals surface area contributed by atoms with Crippen molar-refractivity contribution in [2.24, 2.45) is 0 Å². The first-order valence-corrected chi connectivity index (χ1v) is 8.40. The van der Waals surface area contributed by atoms with Crippen molar-refractivity contribution in [1.29, 1.82) is 5.26 Å². The number of anilines is 1. The maximum atomic E-state index is 12.8. The molecule has 0 unspecified atom stereocenters. The number of sulfonamides is 1. The Balaban J connectivity index is 1.92. The van der Waals surface area contributed by atoms with Crippen molar-refractivity contribution in [3.8, 4) is 6.07 Å². The van der Waals surface area contributed by atoms with Crippen molar-refractivity contribution in [3.63, 3.8) is 0 Å². The molecule has 0 fully saturated rings. The Labute approximate surface area is 139 Å². The van der Waals surface area contributed by atoms with Gasteiger partial charge in [0.05, 0.1) is 23.9 Å². The summed E-state index contributed by atoms with van der Waals surface area (Å²) in [5.74, 6) is -1.10. The predicted octanol–water partition coefficient (Wildman–Crippen LogP) is 1.81. The molecule has 0 aliphatic carbocycles. The van der Waals surface area contributed by atoms with Gasteiger partial charge in [0.15, 0.2) is 0 Å². The molecule has 0 saturated carbocycles. The van der Waals surface area contributed by atoms with E-state index in [0.29, 0.717) is 5.69 Å². The molecule has 8 heteroatoms. The molecule has 2 rings (SSSR count). The molecule has 2 aromatic rings. The number of halogens is 1. The summed E-state index contributed by atoms with van der Waals surface area (Å²) < 4.78 is 38.9. The highest BCUT2D eigenvalue weighted by atomic mass is 32.2. The molecule has 0 atom stereocenters. The fourth-order valence-electron chi connectivity index (χ4n) is 1.86. The van der Waals surface area contributed by atoms with Gasteiger partial charge in [0, 0.05) is 5.69 Å². The third kappa shape index (κ3) is 4.87. The minimum absolute atomic E-state index is 0.127. The molecule has 2 aromatic carbocycles. The molecule has 0 aliphatic heterocycles. The predicted molar refractivity (Wildman–Crippen MR) is 86.0 cm³/mol. The lowest BCUT2D eigenvalue weighted by atomic mass is 10.1. The Morgan fingerprint density at radius 2 is 1.71 bits per heavy atom. The van der Waals surface area contributed by atoms with Crippen LogP contribution in [0.5, 0.6) is 0 Å². The van der Waals surface area contributed by atoms with Crippen molar-refractivity contribution in [2.45, 2.75) is 11.3 Å². The van der Waals surface area contributed by atoms with Gasteiger partial charge in [-0.3, -0.25) is 4.79 Å². The zero-order chi connectivity index (χ0) is 17.6. The van der Waals surface area contributed by atoms with Crippen molar-refractivity contribution >= 4 is 21.6 Å². The van der Waals surface area contributed by atoms with E-state index in [1.807, 2.05) is 6.07 Å². The van der Waals surface area contributed by atoms with E-state index in [-0.39, 0.29) is 11.3 Å². The monoisotopic (exact) mass is 347 g/mol. The van der Waals surface area contributed by atoms with Crippen molar-refractivity contribution in [1.82, 2.24) is 4.72 Å². The Bertz CT molecular complexity index is 857. The Hall–Kier alpha value is -2.76. The van der Waals surface area contributed by atoms with Crippen molar-refractivity contribution in [2.75, 3.05) is 11.9 Å². The Morgan fingerprint density at radius 3 is 2.29 bits per heavy atom. The maximum Gasteiger partial charge on any atom is 0.241 e. The summed E-state index contributed by atoms with van der Waals surface area (Å²) in [6, 6.07) is 12.9. The van der Waals surface area contributed by atoms with Crippen LogP contribution in [0.4, 0.5) is 10.1 Å². The molecule has 0 heterocycles. The minimum Gasteiger partial charge on any atom is -0.325 e. The summed E-state index contributed by atoms with van der Waals surface area (Å²) in [6.07, 6.45) is 0.270. The highest BCUT2D eigenvalue weighted by Crippen LogP contribution is 2.11. The van der Waals surface area contributed by atoms with Crippen molar-refractivity contribution < 1.29 is 17.6 Å². The molecule has 0 aromatic heterocycles. The van der Waals surface area contributed by atoms with Gasteiger partial charge in [-0.05, 0) is 42.0 Å². The summed E-state index contributed by atoms with van der Waals surface area (Å²) in [7, 11) is -3.89. The number of hydrogen-bond acceptors (Lipinski definition) is 4. The summed E-state index contributed by atoms with van der Waals surface area (Å²) in [4.78, 5) is 11.7. The van der Waals surface area contributed by atoms with E-state index < -0.39 is 28.3 Å². The zero-order valence-corrected chi connectivity index (χ0v) is 13.3. The van der Waals surface area contributed by atoms with Crippen LogP contribution in [-0.4, -0.2) is 20.9 Å². The SMILES string of the molecule is N#CCc1ccc(NC(=O)CNS(=O)(=O)c2ccc(F)cc2)cc1. The highest BCUT2D eigenvalue weighted by molar-refractivity contribution is 7.89. The molecule has 6 nitrogen and oxygen atoms in total. The topological polar surface area (TPSA) is 99.1 Å². The zero-order valence-electron chi connectivity index (χ0n) is 12.5. The number of nitrogens with one attached hydrogen (secondary N) is 2. The average Bonchev–Trinajstić information content (AvgIpc) is 2.56. The van der Waals surface area contributed by atoms with E-state index in [4.69, 9.17) is 5.26 Å². The molecule has 1 amide bonds. The van der Waals surface area contributed by atoms with E-state index in [1.165, 1.54) is 0 Å². The van der Waals surface area contributed by atoms with Crippen LogP contribution < -0.4 is 10.0 Å². The molecule has 2 N–H and O–H groups in total. The first-order valence-electron chi connectivity index (χ1n) is 6.92. The van der Waals surface area contributed by atoms with Crippen LogP contribution in [0.2, 0.25) is 0 Å². The molecule has 0 bridgehead atoms. The summed E-state index contributed by atoms with van der Waals surface area (Å²) in [5.41, 5.74) is 1.30. The minimum atomic E-state index is -3.89. The first kappa shape index (κ1) is 17.6. The number of carbonyl (C=O) groups excluding carboxylic acids is 1. The summed E-state index contributed by atoms with van der Waals surface area (Å²) >= 11 is 0. The fraction of sp³-hybridized carbons (Fsp3) is 0.125. The fourth-order valence-corrected chi connectivity index (χ4v) is 2.84. The standard InChI is InChI=1S/C16H14FN3O3S/c17-13-3-7-15(8-4-13)24(22,23)19-11-16(21)20-14-5-1-12(2-6-14)9-10-18/h1-8,19H,9,11H2,(H,20,21). The lowest BCUT2D eigenvalue weighted by Crippen LogP contribution is -2.32. The second-order valence-electron chi connectivity index (χ2n) is 4.86. The van der Waals surface area contributed by atoms with Gasteiger partial charge in [0.1, 0.15) is 5.82 Å². The van der Waals surface area contributed by atoms with Gasteiger partial charge >= 0.3 is 0 Å². The number of hydrogen-bond donors (Lipinski definition) is 2. The van der Waals surface area contributed by atoms with Gasteiger partial charge < -0.3 is 5.32 Å². The van der Waals surface area contributed by atoms with Crippen LogP contribution in [0.25, 0.3) is 0 Å². The number of carbonyl (C=O) groups is 1. The molecular weight excluding hydrogens is 333 g/mol. The lowest BCUT2D eigenvalue weighted by molar-refractivity contribution is -0.115. The molecule has 0 aliphatic rings. The summed E-state index contributed by atoms with van der Waals surface area (Å²) in [5, 5.41) is 11.1. The van der Waals surface area contributed by atoms with E-state index in [2.05, 4.69) is 10.0 Å². The molecule has 24 heavy (non-hydrogen) atoms. The second-order valence-corrected chi connectivity index (χ2v) is 6.63. The van der Waals surface area contributed by atoms with Crippen LogP contribution in [-0.2, 0) is 21.2 Å². The van der Waals surface area contributed by atoms with Crippen LogP contribution in [0.15, 0.2) is 53.4 Å². The smallest absolute Gasteiger partial charge is 0.241 e. The molecular formula is C16H14FN3O3S. The van der Waals surface area contributed by atoms with E-state index in [1.54, 1.807) is 24.3 Å². The van der Waals surface area contributed by atoms with Crippen LogP contribution in [0.1, 0.15) is 5.56 Å². The van der Waals surface area contributed by atoms with Gasteiger partial charge in [-0.15, -0.1) is 0 Å². The Kier molecular flexibility index (Phi) is 5.63. The summed E-state index contributed by atoms with van der Waals surface area (Å²) in [6.45, 7) is -0.459. The largest absolute Gasteiger partial charge is 0.325 e. The number of nitrogens with zero attached hydrogens (tertiary/aromatic N) is 1. The van der Waals surface area contributed by atoms with Crippen LogP contribution >= 0.6 is 0 Å². The number of amides is 1. The number of rotatable bonds is 6. The van der Waals surface area contributed by atoms with Gasteiger partial charge in [-0.2, -0.15) is 5.26 Å². The lowest BCUT2D eigenvalue weighted by Gasteiger charge is -2.08. The third-order valence-electron chi connectivity index (χ3n) is 3.07. The van der Waals surface area contributed by atoms with Gasteiger partial charge in [0.25, 0.3) is 0 Å². The third-order valence-corrected chi connectivity index (χ3v) is 4.48. The van der Waals surface area contributed by atoms with E-state index in [0.717, 1.165) is 29.8 Å². The second kappa shape index (κ2) is 7.68. The molecule has 124 valence electrons. The normalized spacial score (nSPS) is 10.8. The maximum absolute atomic E-state index is 12.8. The van der Waals surface area contributed by atoms with Crippen LogP contribution in [0.3, 0.4) is 0 Å². The highest BCUT2D eigenvalue weighted by Gasteiger charge is 2.15. The van der Waals surface area contributed by atoms with Gasteiger partial charge in [0.2, 0.25) is 15.9 Å². The quantitative estimate of drug-likeness (QED) is 0.832. The number of nitriles is 1. The Morgan fingerprint density at radius 1 is 1.08 bits per heavy atom. The molecule has 0 saturated heterocycles. The molecule has 0 spiro atoms. The first-order chi connectivity index (χ1) is 11.4. The van der Waals surface area contributed by atoms with Gasteiger partial charge in [-0.1, -0.05) is 12.1 Å². The van der Waals surface area contributed by atoms with E-state index in [9.17, 15) is 17.6 Å².